The molecule has 7 heteroatoms. The zero-order valence-corrected chi connectivity index (χ0v) is 15.0. The number of imidazole rings is 1. The van der Waals surface area contributed by atoms with Crippen LogP contribution in [0.4, 0.5) is 10.2 Å². The molecule has 1 aromatic carbocycles. The molecule has 4 aromatic heterocycles. The molecule has 0 spiro atoms. The van der Waals surface area contributed by atoms with E-state index in [1.807, 2.05) is 35.7 Å². The number of hydrogen-bond donors (Lipinski definition) is 1. The molecule has 0 saturated carbocycles. The van der Waals surface area contributed by atoms with Gasteiger partial charge in [-0.3, -0.25) is 9.38 Å². The van der Waals surface area contributed by atoms with Crippen molar-refractivity contribution in [2.24, 2.45) is 0 Å². The first-order valence-electron chi connectivity index (χ1n) is 8.72. The Bertz CT molecular complexity index is 1360. The number of pyridine rings is 2. The number of rotatable bonds is 2. The van der Waals surface area contributed by atoms with Gasteiger partial charge in [0.1, 0.15) is 0 Å². The highest BCUT2D eigenvalue weighted by molar-refractivity contribution is 5.90. The molecule has 0 fully saturated rings. The van der Waals surface area contributed by atoms with Gasteiger partial charge < -0.3 is 5.73 Å². The van der Waals surface area contributed by atoms with E-state index >= 15 is 0 Å². The number of aryl methyl sites for hydroxylation is 1. The third kappa shape index (κ3) is 2.48. The molecule has 6 nitrogen and oxygen atoms in total. The van der Waals surface area contributed by atoms with Crippen molar-refractivity contribution in [3.05, 3.63) is 72.7 Å². The van der Waals surface area contributed by atoms with Gasteiger partial charge >= 0.3 is 0 Å². The van der Waals surface area contributed by atoms with Crippen LogP contribution in [0.3, 0.4) is 0 Å². The fourth-order valence-corrected chi connectivity index (χ4v) is 3.47. The highest BCUT2D eigenvalue weighted by Gasteiger charge is 2.18. The highest BCUT2D eigenvalue weighted by Crippen LogP contribution is 2.34. The van der Waals surface area contributed by atoms with Crippen molar-refractivity contribution < 1.29 is 4.39 Å². The number of nitrogens with two attached hydrogens (primary N) is 1. The molecule has 0 aliphatic carbocycles. The van der Waals surface area contributed by atoms with Crippen molar-refractivity contribution in [3.8, 4) is 22.5 Å². The second kappa shape index (κ2) is 6.09. The Kier molecular flexibility index (Phi) is 3.55. The van der Waals surface area contributed by atoms with Gasteiger partial charge in [-0.05, 0) is 36.8 Å². The Hall–Kier alpha value is -3.87. The summed E-state index contributed by atoms with van der Waals surface area (Å²) < 4.78 is 15.7. The van der Waals surface area contributed by atoms with Gasteiger partial charge in [0.2, 0.25) is 5.95 Å². The zero-order valence-electron chi connectivity index (χ0n) is 15.0. The van der Waals surface area contributed by atoms with Gasteiger partial charge in [0.25, 0.3) is 0 Å². The van der Waals surface area contributed by atoms with Crippen molar-refractivity contribution in [1.82, 2.24) is 24.3 Å². The van der Waals surface area contributed by atoms with Crippen LogP contribution in [0.15, 0.2) is 61.2 Å². The van der Waals surface area contributed by atoms with Crippen LogP contribution in [0.2, 0.25) is 0 Å². The summed E-state index contributed by atoms with van der Waals surface area (Å²) in [5, 5.41) is 1.04. The summed E-state index contributed by atoms with van der Waals surface area (Å²) in [6.07, 6.45) is 6.70. The number of benzene rings is 1. The predicted octanol–water partition coefficient (Wildman–Crippen LogP) is 4.04. The van der Waals surface area contributed by atoms with E-state index in [9.17, 15) is 4.39 Å². The number of fused-ring (bicyclic) bond motifs is 2. The maximum atomic E-state index is 13.8. The third-order valence-electron chi connectivity index (χ3n) is 4.80. The van der Waals surface area contributed by atoms with Gasteiger partial charge in [-0.25, -0.2) is 15.0 Å². The molecule has 5 aromatic rings. The van der Waals surface area contributed by atoms with E-state index < -0.39 is 5.95 Å². The normalized spacial score (nSPS) is 11.4. The summed E-state index contributed by atoms with van der Waals surface area (Å²) in [5.41, 5.74) is 11.5. The molecule has 4 heterocycles. The molecular formula is C21H15FN6. The van der Waals surface area contributed by atoms with Gasteiger partial charge in [0, 0.05) is 47.4 Å². The molecule has 0 aliphatic rings. The Balaban J connectivity index is 1.88. The number of halogens is 1. The van der Waals surface area contributed by atoms with E-state index in [1.165, 1.54) is 12.3 Å². The number of nitrogen functional groups attached to an aromatic ring is 1. The lowest BCUT2D eigenvalue weighted by molar-refractivity contribution is 0.584. The van der Waals surface area contributed by atoms with Crippen LogP contribution in [0.5, 0.6) is 0 Å². The smallest absolute Gasteiger partial charge is 0.213 e. The summed E-state index contributed by atoms with van der Waals surface area (Å²) in [6, 6.07) is 11.0. The molecule has 136 valence electrons. The molecule has 0 radical (unpaired) electrons. The van der Waals surface area contributed by atoms with E-state index in [-0.39, 0.29) is 5.82 Å². The van der Waals surface area contributed by atoms with Crippen LogP contribution >= 0.6 is 0 Å². The molecular weight excluding hydrogens is 355 g/mol. The van der Waals surface area contributed by atoms with Crippen molar-refractivity contribution >= 4 is 22.4 Å². The Labute approximate surface area is 159 Å². The monoisotopic (exact) mass is 370 g/mol. The minimum atomic E-state index is -0.576. The standard InChI is InChI=1S/C21H15FN6/c1-12-4-6-24-16-3-2-14(10-15(12)16)19-18(13-5-7-25-17(22)11-13)27-20(23)21-26-8-9-28(19)21/h2-11H,1H3,(H2,23,27). The van der Waals surface area contributed by atoms with E-state index in [2.05, 4.69) is 26.0 Å². The fraction of sp³-hybridized carbons (Fsp3) is 0.0476. The van der Waals surface area contributed by atoms with Gasteiger partial charge in [-0.15, -0.1) is 0 Å². The molecule has 2 N–H and O–H groups in total. The van der Waals surface area contributed by atoms with Gasteiger partial charge in [0.15, 0.2) is 11.5 Å². The van der Waals surface area contributed by atoms with Crippen LogP contribution in [0.25, 0.3) is 39.1 Å². The van der Waals surface area contributed by atoms with Crippen molar-refractivity contribution in [3.63, 3.8) is 0 Å². The SMILES string of the molecule is Cc1ccnc2ccc(-c3c(-c4ccnc(F)c4)nc(N)c4nccn34)cc12. The number of aromatic nitrogens is 5. The Morgan fingerprint density at radius 2 is 1.79 bits per heavy atom. The molecule has 28 heavy (non-hydrogen) atoms. The topological polar surface area (TPSA) is 82.0 Å². The molecule has 0 unspecified atom stereocenters. The molecule has 5 rings (SSSR count). The zero-order chi connectivity index (χ0) is 19.3. The van der Waals surface area contributed by atoms with Gasteiger partial charge in [0.05, 0.1) is 16.9 Å². The minimum Gasteiger partial charge on any atom is -0.381 e. The second-order valence-electron chi connectivity index (χ2n) is 6.54. The first kappa shape index (κ1) is 16.3. The maximum Gasteiger partial charge on any atom is 0.213 e. The molecule has 0 atom stereocenters. The summed E-state index contributed by atoms with van der Waals surface area (Å²) in [4.78, 5) is 16.9. The molecule has 0 bridgehead atoms. The van der Waals surface area contributed by atoms with Crippen molar-refractivity contribution in [1.29, 1.82) is 0 Å². The summed E-state index contributed by atoms with van der Waals surface area (Å²) in [7, 11) is 0. The van der Waals surface area contributed by atoms with Crippen LogP contribution in [0.1, 0.15) is 5.56 Å². The first-order chi connectivity index (χ1) is 13.6. The average molecular weight is 370 g/mol. The van der Waals surface area contributed by atoms with E-state index in [0.717, 1.165) is 27.7 Å². The fourth-order valence-electron chi connectivity index (χ4n) is 3.47. The van der Waals surface area contributed by atoms with E-state index in [1.54, 1.807) is 18.5 Å². The first-order valence-corrected chi connectivity index (χ1v) is 8.72. The van der Waals surface area contributed by atoms with E-state index in [4.69, 9.17) is 5.73 Å². The van der Waals surface area contributed by atoms with E-state index in [0.29, 0.717) is 16.9 Å². The van der Waals surface area contributed by atoms with Crippen molar-refractivity contribution in [2.45, 2.75) is 6.92 Å². The van der Waals surface area contributed by atoms with Crippen LogP contribution in [0, 0.1) is 12.9 Å². The molecule has 0 saturated heterocycles. The Morgan fingerprint density at radius 1 is 0.929 bits per heavy atom. The summed E-state index contributed by atoms with van der Waals surface area (Å²) >= 11 is 0. The van der Waals surface area contributed by atoms with Crippen molar-refractivity contribution in [2.75, 3.05) is 5.73 Å². The van der Waals surface area contributed by atoms with Crippen LogP contribution < -0.4 is 5.73 Å². The van der Waals surface area contributed by atoms with Gasteiger partial charge in [-0.1, -0.05) is 6.07 Å². The number of hydrogen-bond acceptors (Lipinski definition) is 5. The average Bonchev–Trinajstić information content (AvgIpc) is 3.18. The lowest BCUT2D eigenvalue weighted by atomic mass is 10.0. The lowest BCUT2D eigenvalue weighted by Gasteiger charge is -2.14. The maximum absolute atomic E-state index is 13.8. The number of anilines is 1. The largest absolute Gasteiger partial charge is 0.381 e. The van der Waals surface area contributed by atoms with Crippen LogP contribution in [-0.4, -0.2) is 24.3 Å². The highest BCUT2D eigenvalue weighted by atomic mass is 19.1. The minimum absolute atomic E-state index is 0.277. The van der Waals surface area contributed by atoms with Gasteiger partial charge in [-0.2, -0.15) is 4.39 Å². The molecule has 0 amide bonds. The third-order valence-corrected chi connectivity index (χ3v) is 4.80. The second-order valence-corrected chi connectivity index (χ2v) is 6.54. The summed E-state index contributed by atoms with van der Waals surface area (Å²) in [5.74, 6) is -0.298. The number of nitrogens with zero attached hydrogens (tertiary/aromatic N) is 5. The predicted molar refractivity (Wildman–Crippen MR) is 106 cm³/mol. The quantitative estimate of drug-likeness (QED) is 0.474. The Morgan fingerprint density at radius 3 is 2.64 bits per heavy atom. The lowest BCUT2D eigenvalue weighted by Crippen LogP contribution is -2.04. The summed E-state index contributed by atoms with van der Waals surface area (Å²) in [6.45, 7) is 2.04. The molecule has 0 aliphatic heterocycles. The van der Waals surface area contributed by atoms with Crippen LogP contribution in [-0.2, 0) is 0 Å².